The van der Waals surface area contributed by atoms with Crippen LogP contribution in [0, 0.1) is 13.8 Å². The van der Waals surface area contributed by atoms with Crippen LogP contribution < -0.4 is 5.32 Å². The first kappa shape index (κ1) is 25.6. The minimum Gasteiger partial charge on any atom is -0.342 e. The van der Waals surface area contributed by atoms with E-state index in [9.17, 15) is 4.79 Å². The summed E-state index contributed by atoms with van der Waals surface area (Å²) in [6.07, 6.45) is 0. The normalized spacial score (nSPS) is 11.9. The molecule has 1 amide bonds. The first-order chi connectivity index (χ1) is 16.7. The van der Waals surface area contributed by atoms with Gasteiger partial charge in [-0.3, -0.25) is 9.36 Å². The number of aromatic nitrogens is 3. The SMILES string of the molecule is Cc1ccccc1CSc1nnc(C(C)NC(=O)c2cc(Cl)cc(Cl)c2)n1-c1cc(Cl)ccc1C. The quantitative estimate of drug-likeness (QED) is 0.243. The second-order valence-electron chi connectivity index (χ2n) is 8.18. The fourth-order valence-corrected chi connectivity index (χ4v) is 5.37. The Kier molecular flexibility index (Phi) is 8.07. The van der Waals surface area contributed by atoms with Gasteiger partial charge < -0.3 is 5.32 Å². The smallest absolute Gasteiger partial charge is 0.251 e. The van der Waals surface area contributed by atoms with Gasteiger partial charge in [-0.25, -0.2) is 0 Å². The van der Waals surface area contributed by atoms with Crippen LogP contribution in [0.25, 0.3) is 5.69 Å². The van der Waals surface area contributed by atoms with Crippen molar-refractivity contribution < 1.29 is 4.79 Å². The third kappa shape index (κ3) is 6.01. The molecule has 5 nitrogen and oxygen atoms in total. The summed E-state index contributed by atoms with van der Waals surface area (Å²) in [6.45, 7) is 5.95. The van der Waals surface area contributed by atoms with Gasteiger partial charge in [0.2, 0.25) is 0 Å². The average Bonchev–Trinajstić information content (AvgIpc) is 3.23. The van der Waals surface area contributed by atoms with Crippen LogP contribution in [0.15, 0.2) is 65.8 Å². The van der Waals surface area contributed by atoms with E-state index in [1.54, 1.807) is 30.0 Å². The van der Waals surface area contributed by atoms with Gasteiger partial charge in [0.25, 0.3) is 5.91 Å². The van der Waals surface area contributed by atoms with E-state index in [1.165, 1.54) is 11.1 Å². The van der Waals surface area contributed by atoms with Gasteiger partial charge in [-0.2, -0.15) is 0 Å². The first-order valence-electron chi connectivity index (χ1n) is 10.9. The van der Waals surface area contributed by atoms with Crippen molar-refractivity contribution in [3.05, 3.63) is 104 Å². The Morgan fingerprint density at radius 3 is 2.37 bits per heavy atom. The molecular formula is C26H23Cl3N4OS. The van der Waals surface area contributed by atoms with Crippen molar-refractivity contribution in [1.82, 2.24) is 20.1 Å². The highest BCUT2D eigenvalue weighted by Crippen LogP contribution is 2.31. The van der Waals surface area contributed by atoms with E-state index in [0.717, 1.165) is 17.0 Å². The van der Waals surface area contributed by atoms with E-state index in [1.807, 2.05) is 48.7 Å². The van der Waals surface area contributed by atoms with Crippen molar-refractivity contribution in [3.8, 4) is 5.69 Å². The van der Waals surface area contributed by atoms with Crippen LogP contribution in [0.4, 0.5) is 0 Å². The molecule has 0 aliphatic rings. The average molecular weight is 546 g/mol. The number of carbonyl (C=O) groups excluding carboxylic acids is 1. The Morgan fingerprint density at radius 1 is 0.943 bits per heavy atom. The molecule has 0 aliphatic carbocycles. The van der Waals surface area contributed by atoms with E-state index in [4.69, 9.17) is 34.8 Å². The van der Waals surface area contributed by atoms with E-state index in [-0.39, 0.29) is 5.91 Å². The monoisotopic (exact) mass is 544 g/mol. The van der Waals surface area contributed by atoms with Crippen LogP contribution in [0.5, 0.6) is 0 Å². The Labute approximate surface area is 223 Å². The third-order valence-electron chi connectivity index (χ3n) is 5.55. The van der Waals surface area contributed by atoms with E-state index in [0.29, 0.717) is 31.6 Å². The summed E-state index contributed by atoms with van der Waals surface area (Å²) >= 11 is 20.1. The van der Waals surface area contributed by atoms with Crippen molar-refractivity contribution in [2.75, 3.05) is 0 Å². The topological polar surface area (TPSA) is 59.8 Å². The number of thioether (sulfide) groups is 1. The van der Waals surface area contributed by atoms with Crippen molar-refractivity contribution in [3.63, 3.8) is 0 Å². The highest BCUT2D eigenvalue weighted by Gasteiger charge is 2.23. The van der Waals surface area contributed by atoms with Gasteiger partial charge in [0, 0.05) is 26.4 Å². The molecule has 1 N–H and O–H groups in total. The van der Waals surface area contributed by atoms with E-state index in [2.05, 4.69) is 34.6 Å². The zero-order chi connectivity index (χ0) is 25.1. The lowest BCUT2D eigenvalue weighted by Crippen LogP contribution is -2.28. The van der Waals surface area contributed by atoms with Gasteiger partial charge >= 0.3 is 0 Å². The lowest BCUT2D eigenvalue weighted by Gasteiger charge is -2.18. The van der Waals surface area contributed by atoms with Crippen molar-refractivity contribution in [2.45, 2.75) is 37.7 Å². The maximum Gasteiger partial charge on any atom is 0.251 e. The maximum absolute atomic E-state index is 12.9. The lowest BCUT2D eigenvalue weighted by molar-refractivity contribution is 0.0938. The Hall–Kier alpha value is -2.51. The summed E-state index contributed by atoms with van der Waals surface area (Å²) in [5.41, 5.74) is 4.67. The minimum absolute atomic E-state index is 0.312. The van der Waals surface area contributed by atoms with Crippen LogP contribution in [0.1, 0.15) is 45.8 Å². The van der Waals surface area contributed by atoms with E-state index >= 15 is 0 Å². The van der Waals surface area contributed by atoms with Crippen LogP contribution >= 0.6 is 46.6 Å². The number of halogens is 3. The van der Waals surface area contributed by atoms with Gasteiger partial charge in [-0.1, -0.05) is 76.9 Å². The molecule has 0 spiro atoms. The molecule has 0 saturated heterocycles. The molecule has 0 saturated carbocycles. The van der Waals surface area contributed by atoms with Crippen LogP contribution in [-0.4, -0.2) is 20.7 Å². The molecule has 4 rings (SSSR count). The first-order valence-corrected chi connectivity index (χ1v) is 13.0. The number of rotatable bonds is 7. The number of benzene rings is 3. The predicted octanol–water partition coefficient (Wildman–Crippen LogP) is 7.63. The minimum atomic E-state index is -0.459. The van der Waals surface area contributed by atoms with Crippen molar-refractivity contribution in [2.24, 2.45) is 0 Å². The number of aryl methyl sites for hydroxylation is 2. The van der Waals surface area contributed by atoms with Crippen molar-refractivity contribution in [1.29, 1.82) is 0 Å². The molecule has 9 heteroatoms. The summed E-state index contributed by atoms with van der Waals surface area (Å²) in [4.78, 5) is 12.9. The summed E-state index contributed by atoms with van der Waals surface area (Å²) < 4.78 is 1.96. The molecule has 3 aromatic carbocycles. The standard InChI is InChI=1S/C26H23Cl3N4OS/c1-15-6-4-5-7-18(15)14-35-26-32-31-24(33(26)23-13-20(27)9-8-16(23)2)17(3)30-25(34)19-10-21(28)12-22(29)11-19/h4-13,17H,14H2,1-3H3,(H,30,34). The number of hydrogen-bond donors (Lipinski definition) is 1. The highest BCUT2D eigenvalue weighted by molar-refractivity contribution is 7.98. The summed E-state index contributed by atoms with van der Waals surface area (Å²) in [5.74, 6) is 1.00. The summed E-state index contributed by atoms with van der Waals surface area (Å²) in [6, 6.07) is 18.2. The summed E-state index contributed by atoms with van der Waals surface area (Å²) in [7, 11) is 0. The largest absolute Gasteiger partial charge is 0.342 e. The number of carbonyl (C=O) groups is 1. The number of nitrogens with one attached hydrogen (secondary N) is 1. The molecule has 0 aliphatic heterocycles. The molecule has 1 atom stereocenters. The summed E-state index contributed by atoms with van der Waals surface area (Å²) in [5, 5.41) is 14.0. The van der Waals surface area contributed by atoms with Crippen LogP contribution in [0.3, 0.4) is 0 Å². The molecule has 180 valence electrons. The van der Waals surface area contributed by atoms with Gasteiger partial charge in [0.15, 0.2) is 11.0 Å². The fourth-order valence-electron chi connectivity index (χ4n) is 3.65. The van der Waals surface area contributed by atoms with Gasteiger partial charge in [-0.05, 0) is 67.8 Å². The second kappa shape index (κ2) is 11.0. The third-order valence-corrected chi connectivity index (χ3v) is 7.20. The molecule has 1 unspecified atom stereocenters. The predicted molar refractivity (Wildman–Crippen MR) is 144 cm³/mol. The Morgan fingerprint density at radius 2 is 1.66 bits per heavy atom. The Bertz CT molecular complexity index is 1370. The van der Waals surface area contributed by atoms with Gasteiger partial charge in [0.1, 0.15) is 0 Å². The molecule has 1 heterocycles. The molecular weight excluding hydrogens is 523 g/mol. The van der Waals surface area contributed by atoms with E-state index < -0.39 is 6.04 Å². The van der Waals surface area contributed by atoms with Gasteiger partial charge in [0.05, 0.1) is 11.7 Å². The maximum atomic E-state index is 12.9. The van der Waals surface area contributed by atoms with Crippen molar-refractivity contribution >= 4 is 52.5 Å². The fraction of sp³-hybridized carbons (Fsp3) is 0.192. The highest BCUT2D eigenvalue weighted by atomic mass is 35.5. The molecule has 4 aromatic rings. The zero-order valence-corrected chi connectivity index (χ0v) is 22.4. The number of hydrogen-bond acceptors (Lipinski definition) is 4. The number of amides is 1. The lowest BCUT2D eigenvalue weighted by atomic mass is 10.1. The Balaban J connectivity index is 1.68. The molecule has 0 bridgehead atoms. The zero-order valence-electron chi connectivity index (χ0n) is 19.3. The molecule has 0 fully saturated rings. The van der Waals surface area contributed by atoms with Crippen LogP contribution in [0.2, 0.25) is 15.1 Å². The number of nitrogens with zero attached hydrogens (tertiary/aromatic N) is 3. The van der Waals surface area contributed by atoms with Crippen LogP contribution in [-0.2, 0) is 5.75 Å². The molecule has 0 radical (unpaired) electrons. The molecule has 35 heavy (non-hydrogen) atoms. The van der Waals surface area contributed by atoms with Gasteiger partial charge in [-0.15, -0.1) is 10.2 Å². The molecule has 1 aromatic heterocycles. The second-order valence-corrected chi connectivity index (χ2v) is 10.4.